The predicted octanol–water partition coefficient (Wildman–Crippen LogP) is 3.65. The van der Waals surface area contributed by atoms with Gasteiger partial charge in [0.2, 0.25) is 0 Å². The molecular formula is C15H24O. The lowest BCUT2D eigenvalue weighted by Gasteiger charge is -2.45. The van der Waals surface area contributed by atoms with Crippen LogP contribution in [0.1, 0.15) is 40.0 Å². The number of hydrogen-bond donors (Lipinski definition) is 0. The van der Waals surface area contributed by atoms with Crippen LogP contribution < -0.4 is 0 Å². The zero-order valence-electron chi connectivity index (χ0n) is 10.8. The van der Waals surface area contributed by atoms with E-state index >= 15 is 0 Å². The van der Waals surface area contributed by atoms with Gasteiger partial charge in [0.15, 0.2) is 0 Å². The maximum atomic E-state index is 5.99. The van der Waals surface area contributed by atoms with E-state index < -0.39 is 0 Å². The van der Waals surface area contributed by atoms with Crippen LogP contribution in [-0.4, -0.2) is 12.7 Å². The average Bonchev–Trinajstić information content (AvgIpc) is 2.60. The molecule has 90 valence electrons. The molecule has 1 nitrogen and oxygen atoms in total. The second kappa shape index (κ2) is 3.87. The molecule has 0 N–H and O–H groups in total. The van der Waals surface area contributed by atoms with E-state index in [1.54, 1.807) is 5.57 Å². The van der Waals surface area contributed by atoms with Gasteiger partial charge in [-0.25, -0.2) is 0 Å². The topological polar surface area (TPSA) is 9.23 Å². The smallest absolute Gasteiger partial charge is 0.0615 e. The van der Waals surface area contributed by atoms with Gasteiger partial charge in [-0.3, -0.25) is 0 Å². The van der Waals surface area contributed by atoms with Crippen LogP contribution in [0.25, 0.3) is 0 Å². The van der Waals surface area contributed by atoms with Gasteiger partial charge in [-0.2, -0.15) is 0 Å². The lowest BCUT2D eigenvalue weighted by molar-refractivity contribution is -0.00154. The fraction of sp³-hybridized carbons (Fsp3) is 0.867. The van der Waals surface area contributed by atoms with E-state index in [4.69, 9.17) is 4.74 Å². The minimum Gasteiger partial charge on any atom is -0.378 e. The summed E-state index contributed by atoms with van der Waals surface area (Å²) in [6, 6.07) is 0. The number of hydrogen-bond acceptors (Lipinski definition) is 1. The zero-order valence-corrected chi connectivity index (χ0v) is 10.8. The third-order valence-electron chi connectivity index (χ3n) is 5.28. The third-order valence-corrected chi connectivity index (χ3v) is 5.28. The molecule has 0 spiro atoms. The van der Waals surface area contributed by atoms with Crippen LogP contribution in [0.3, 0.4) is 0 Å². The van der Waals surface area contributed by atoms with E-state index in [9.17, 15) is 0 Å². The highest BCUT2D eigenvalue weighted by atomic mass is 16.5. The molecule has 3 aliphatic rings. The van der Waals surface area contributed by atoms with E-state index in [1.165, 1.54) is 19.3 Å². The summed E-state index contributed by atoms with van der Waals surface area (Å²) in [5.74, 6) is 4.21. The molecule has 2 fully saturated rings. The molecule has 1 heterocycles. The first kappa shape index (κ1) is 10.8. The van der Waals surface area contributed by atoms with Gasteiger partial charge in [0.1, 0.15) is 0 Å². The van der Waals surface area contributed by atoms with Crippen LogP contribution in [0.5, 0.6) is 0 Å². The summed E-state index contributed by atoms with van der Waals surface area (Å²) in [6.45, 7) is 8.13. The van der Waals surface area contributed by atoms with Gasteiger partial charge in [0, 0.05) is 6.61 Å². The van der Waals surface area contributed by atoms with Crippen molar-refractivity contribution in [3.8, 4) is 0 Å². The second-order valence-corrected chi connectivity index (χ2v) is 6.43. The maximum absolute atomic E-state index is 5.99. The number of fused-ring (bicyclic) bond motifs is 3. The molecule has 1 saturated heterocycles. The summed E-state index contributed by atoms with van der Waals surface area (Å²) in [6.07, 6.45) is 7.21. The highest BCUT2D eigenvalue weighted by Crippen LogP contribution is 2.51. The Bertz CT molecular complexity index is 307. The molecule has 16 heavy (non-hydrogen) atoms. The molecule has 0 aromatic heterocycles. The number of ether oxygens (including phenoxy) is 1. The van der Waals surface area contributed by atoms with Crippen LogP contribution in [0.4, 0.5) is 0 Å². The predicted molar refractivity (Wildman–Crippen MR) is 66.1 cm³/mol. The number of rotatable bonds is 0. The molecule has 0 amide bonds. The van der Waals surface area contributed by atoms with E-state index in [-0.39, 0.29) is 0 Å². The van der Waals surface area contributed by atoms with Crippen LogP contribution in [-0.2, 0) is 4.74 Å². The SMILES string of the molecule is CC1=CC2C(CC1)C(C)CC1OCC(C)C12. The molecule has 0 radical (unpaired) electrons. The Labute approximate surface area is 99.3 Å². The first-order valence-electron chi connectivity index (χ1n) is 6.95. The Morgan fingerprint density at radius 2 is 2.06 bits per heavy atom. The lowest BCUT2D eigenvalue weighted by atomic mass is 9.60. The largest absolute Gasteiger partial charge is 0.378 e. The molecule has 1 heteroatoms. The highest BCUT2D eigenvalue weighted by molar-refractivity contribution is 5.13. The molecule has 1 saturated carbocycles. The van der Waals surface area contributed by atoms with Crippen molar-refractivity contribution in [2.24, 2.45) is 29.6 Å². The average molecular weight is 220 g/mol. The fourth-order valence-electron chi connectivity index (χ4n) is 4.44. The monoisotopic (exact) mass is 220 g/mol. The molecule has 0 aromatic rings. The van der Waals surface area contributed by atoms with Gasteiger partial charge in [-0.05, 0) is 55.8 Å². The van der Waals surface area contributed by atoms with Crippen molar-refractivity contribution in [2.45, 2.75) is 46.1 Å². The van der Waals surface area contributed by atoms with Crippen molar-refractivity contribution >= 4 is 0 Å². The third kappa shape index (κ3) is 1.55. The summed E-state index contributed by atoms with van der Waals surface area (Å²) in [4.78, 5) is 0. The van der Waals surface area contributed by atoms with Gasteiger partial charge in [-0.15, -0.1) is 0 Å². The van der Waals surface area contributed by atoms with Crippen molar-refractivity contribution < 1.29 is 4.74 Å². The van der Waals surface area contributed by atoms with Crippen LogP contribution in [0.2, 0.25) is 0 Å². The van der Waals surface area contributed by atoms with Gasteiger partial charge in [-0.1, -0.05) is 25.5 Å². The van der Waals surface area contributed by atoms with Crippen molar-refractivity contribution in [2.75, 3.05) is 6.61 Å². The van der Waals surface area contributed by atoms with Gasteiger partial charge < -0.3 is 4.74 Å². The minimum atomic E-state index is 0.563. The molecule has 2 aliphatic carbocycles. The van der Waals surface area contributed by atoms with Crippen LogP contribution >= 0.6 is 0 Å². The van der Waals surface area contributed by atoms with Crippen LogP contribution in [0, 0.1) is 29.6 Å². The van der Waals surface area contributed by atoms with Crippen LogP contribution in [0.15, 0.2) is 11.6 Å². The van der Waals surface area contributed by atoms with Crippen molar-refractivity contribution in [1.82, 2.24) is 0 Å². The van der Waals surface area contributed by atoms with E-state index in [0.29, 0.717) is 6.10 Å². The normalized spacial score (nSPS) is 51.8. The van der Waals surface area contributed by atoms with Crippen molar-refractivity contribution in [1.29, 1.82) is 0 Å². The van der Waals surface area contributed by atoms with Gasteiger partial charge >= 0.3 is 0 Å². The summed E-state index contributed by atoms with van der Waals surface area (Å²) >= 11 is 0. The first-order chi connectivity index (χ1) is 7.66. The van der Waals surface area contributed by atoms with E-state index in [2.05, 4.69) is 26.8 Å². The quantitative estimate of drug-likeness (QED) is 0.566. The highest BCUT2D eigenvalue weighted by Gasteiger charge is 2.48. The molecule has 3 rings (SSSR count). The Hall–Kier alpha value is -0.300. The Morgan fingerprint density at radius 1 is 1.25 bits per heavy atom. The molecule has 6 unspecified atom stereocenters. The maximum Gasteiger partial charge on any atom is 0.0615 e. The van der Waals surface area contributed by atoms with Gasteiger partial charge in [0.05, 0.1) is 6.10 Å². The first-order valence-corrected chi connectivity index (χ1v) is 6.95. The molecule has 6 atom stereocenters. The second-order valence-electron chi connectivity index (χ2n) is 6.43. The summed E-state index contributed by atoms with van der Waals surface area (Å²) in [5.41, 5.74) is 1.62. The lowest BCUT2D eigenvalue weighted by Crippen LogP contribution is -2.42. The zero-order chi connectivity index (χ0) is 11.3. The molecule has 0 bridgehead atoms. The summed E-state index contributed by atoms with van der Waals surface area (Å²) in [5, 5.41) is 0. The van der Waals surface area contributed by atoms with Gasteiger partial charge in [0.25, 0.3) is 0 Å². The Balaban J connectivity index is 1.92. The van der Waals surface area contributed by atoms with Crippen molar-refractivity contribution in [3.05, 3.63) is 11.6 Å². The summed E-state index contributed by atoms with van der Waals surface area (Å²) < 4.78 is 5.99. The molecule has 1 aliphatic heterocycles. The minimum absolute atomic E-state index is 0.563. The number of allylic oxidation sites excluding steroid dienone is 2. The van der Waals surface area contributed by atoms with Crippen molar-refractivity contribution in [3.63, 3.8) is 0 Å². The molecule has 0 aromatic carbocycles. The van der Waals surface area contributed by atoms with E-state index in [0.717, 1.165) is 36.2 Å². The Morgan fingerprint density at radius 3 is 2.88 bits per heavy atom. The van der Waals surface area contributed by atoms with E-state index in [1.807, 2.05) is 0 Å². The molecular weight excluding hydrogens is 196 g/mol. The standard InChI is InChI=1S/C15H24O/c1-9-4-5-12-10(2)7-14-15(13(12)6-9)11(3)8-16-14/h6,10-15H,4-5,7-8H2,1-3H3. The fourth-order valence-corrected chi connectivity index (χ4v) is 4.44. The Kier molecular flexibility index (Phi) is 2.62. The summed E-state index contributed by atoms with van der Waals surface area (Å²) in [7, 11) is 0.